The van der Waals surface area contributed by atoms with E-state index in [0.29, 0.717) is 24.7 Å². The van der Waals surface area contributed by atoms with Crippen LogP contribution in [-0.4, -0.2) is 34.7 Å². The average molecular weight is 381 g/mol. The topological polar surface area (TPSA) is 65.1 Å². The number of hydrogen-bond acceptors (Lipinski definition) is 4. The molecule has 0 saturated heterocycles. The molecular formula is C21H24FN5O. The van der Waals surface area contributed by atoms with Gasteiger partial charge in [-0.25, -0.2) is 9.37 Å². The molecule has 1 aromatic carbocycles. The quantitative estimate of drug-likeness (QED) is 0.674. The molecule has 0 aliphatic rings. The van der Waals surface area contributed by atoms with Crippen LogP contribution < -0.4 is 9.80 Å². The molecule has 0 atom stereocenters. The van der Waals surface area contributed by atoms with Gasteiger partial charge in [0.05, 0.1) is 17.8 Å². The van der Waals surface area contributed by atoms with Crippen LogP contribution in [-0.2, 0) is 6.54 Å². The molecular weight excluding hydrogens is 357 g/mol. The van der Waals surface area contributed by atoms with Gasteiger partial charge >= 0.3 is 0 Å². The first kappa shape index (κ1) is 19.5. The third kappa shape index (κ3) is 4.54. The highest BCUT2D eigenvalue weighted by molar-refractivity contribution is 6.05. The zero-order chi connectivity index (χ0) is 20.1. The molecule has 1 N–H and O–H groups in total. The summed E-state index contributed by atoms with van der Waals surface area (Å²) in [6, 6.07) is 13.4. The van der Waals surface area contributed by atoms with E-state index in [2.05, 4.69) is 15.2 Å². The summed E-state index contributed by atoms with van der Waals surface area (Å²) in [6.07, 6.45) is 1.70. The number of nitrogens with one attached hydrogen (secondary N) is 1. The van der Waals surface area contributed by atoms with Gasteiger partial charge in [0.2, 0.25) is 0 Å². The zero-order valence-corrected chi connectivity index (χ0v) is 16.3. The van der Waals surface area contributed by atoms with Crippen LogP contribution in [0.4, 0.5) is 16.0 Å². The van der Waals surface area contributed by atoms with E-state index in [1.54, 1.807) is 24.4 Å². The van der Waals surface area contributed by atoms with Crippen molar-refractivity contribution < 1.29 is 9.18 Å². The molecule has 3 rings (SSSR count). The van der Waals surface area contributed by atoms with E-state index in [9.17, 15) is 9.18 Å². The van der Waals surface area contributed by atoms with Crippen LogP contribution in [0, 0.1) is 11.7 Å². The molecule has 0 fully saturated rings. The van der Waals surface area contributed by atoms with Crippen molar-refractivity contribution in [1.29, 1.82) is 0 Å². The summed E-state index contributed by atoms with van der Waals surface area (Å²) in [5, 5.41) is 6.87. The van der Waals surface area contributed by atoms with Gasteiger partial charge < -0.3 is 4.90 Å². The molecule has 0 unspecified atom stereocenters. The Bertz CT molecular complexity index is 926. The number of aromatic amines is 1. The van der Waals surface area contributed by atoms with E-state index in [4.69, 9.17) is 0 Å². The first-order valence-electron chi connectivity index (χ1n) is 9.18. The molecule has 2 aromatic heterocycles. The van der Waals surface area contributed by atoms with Crippen molar-refractivity contribution in [2.24, 2.45) is 5.92 Å². The minimum atomic E-state index is -0.534. The molecule has 28 heavy (non-hydrogen) atoms. The summed E-state index contributed by atoms with van der Waals surface area (Å²) in [4.78, 5) is 21.2. The molecule has 0 aliphatic heterocycles. The van der Waals surface area contributed by atoms with Crippen LogP contribution in [0.25, 0.3) is 0 Å². The van der Waals surface area contributed by atoms with Gasteiger partial charge in [-0.05, 0) is 36.2 Å². The van der Waals surface area contributed by atoms with Gasteiger partial charge in [0.25, 0.3) is 5.91 Å². The predicted molar refractivity (Wildman–Crippen MR) is 108 cm³/mol. The fourth-order valence-electron chi connectivity index (χ4n) is 2.91. The third-order valence-electron chi connectivity index (χ3n) is 4.25. The Kier molecular flexibility index (Phi) is 6.03. The fourth-order valence-corrected chi connectivity index (χ4v) is 2.91. The van der Waals surface area contributed by atoms with Crippen molar-refractivity contribution in [3.05, 3.63) is 71.8 Å². The molecule has 1 amide bonds. The molecule has 0 aliphatic carbocycles. The van der Waals surface area contributed by atoms with Gasteiger partial charge in [0.1, 0.15) is 17.5 Å². The lowest BCUT2D eigenvalue weighted by atomic mass is 10.1. The maximum absolute atomic E-state index is 14.2. The Balaban J connectivity index is 1.90. The molecule has 7 heteroatoms. The lowest BCUT2D eigenvalue weighted by Crippen LogP contribution is -2.35. The number of amides is 1. The second-order valence-corrected chi connectivity index (χ2v) is 7.08. The average Bonchev–Trinajstić information content (AvgIpc) is 3.19. The van der Waals surface area contributed by atoms with Crippen molar-refractivity contribution in [3.8, 4) is 0 Å². The van der Waals surface area contributed by atoms with Crippen LogP contribution in [0.3, 0.4) is 0 Å². The number of benzene rings is 1. The van der Waals surface area contributed by atoms with Gasteiger partial charge in [-0.1, -0.05) is 32.0 Å². The minimum Gasteiger partial charge on any atom is -0.354 e. The molecule has 6 nitrogen and oxygen atoms in total. The fraction of sp³-hybridized carbons (Fsp3) is 0.286. The van der Waals surface area contributed by atoms with E-state index in [-0.39, 0.29) is 11.5 Å². The number of hydrogen-bond donors (Lipinski definition) is 1. The van der Waals surface area contributed by atoms with E-state index in [0.717, 1.165) is 5.69 Å². The zero-order valence-electron chi connectivity index (χ0n) is 16.3. The Morgan fingerprint density at radius 2 is 1.86 bits per heavy atom. The summed E-state index contributed by atoms with van der Waals surface area (Å²) in [5.74, 6) is 0.475. The van der Waals surface area contributed by atoms with Crippen LogP contribution in [0.2, 0.25) is 0 Å². The molecule has 146 valence electrons. The largest absolute Gasteiger partial charge is 0.354 e. The van der Waals surface area contributed by atoms with Crippen molar-refractivity contribution in [3.63, 3.8) is 0 Å². The van der Waals surface area contributed by atoms with Gasteiger partial charge in [-0.3, -0.25) is 14.8 Å². The first-order valence-corrected chi connectivity index (χ1v) is 9.18. The van der Waals surface area contributed by atoms with Gasteiger partial charge in [-0.2, -0.15) is 5.10 Å². The van der Waals surface area contributed by atoms with Crippen molar-refractivity contribution >= 4 is 17.5 Å². The summed E-state index contributed by atoms with van der Waals surface area (Å²) < 4.78 is 14.2. The Morgan fingerprint density at radius 1 is 1.11 bits per heavy atom. The number of aromatic nitrogens is 3. The number of carbonyl (C=O) groups excluding carboxylic acids is 1. The number of pyridine rings is 1. The number of nitrogens with zero attached hydrogens (tertiary/aromatic N) is 4. The van der Waals surface area contributed by atoms with Crippen molar-refractivity contribution in [1.82, 2.24) is 15.2 Å². The number of anilines is 2. The predicted octanol–water partition coefficient (Wildman–Crippen LogP) is 3.88. The number of carbonyl (C=O) groups is 1. The van der Waals surface area contributed by atoms with Crippen LogP contribution in [0.15, 0.2) is 54.7 Å². The van der Waals surface area contributed by atoms with Crippen LogP contribution in [0.1, 0.15) is 29.9 Å². The van der Waals surface area contributed by atoms with E-state index in [1.807, 2.05) is 44.0 Å². The molecule has 0 spiro atoms. The van der Waals surface area contributed by atoms with E-state index < -0.39 is 11.7 Å². The maximum Gasteiger partial charge on any atom is 0.262 e. The third-order valence-corrected chi connectivity index (χ3v) is 4.25. The lowest BCUT2D eigenvalue weighted by molar-refractivity contribution is 0.0979. The number of halogens is 1. The Hall–Kier alpha value is -3.22. The summed E-state index contributed by atoms with van der Waals surface area (Å²) in [6.45, 7) is 5.06. The highest BCUT2D eigenvalue weighted by Gasteiger charge is 2.23. The Morgan fingerprint density at radius 3 is 2.54 bits per heavy atom. The highest BCUT2D eigenvalue weighted by atomic mass is 19.1. The standard InChI is InChI=1S/C21H24FN5O/c1-15(2)13-27(21(28)17-7-4-5-8-18(17)22)20-10-6-9-19(24-20)26(3)14-16-11-12-23-25-16/h4-12,15H,13-14H2,1-3H3,(H,23,25). The minimum absolute atomic E-state index is 0.0427. The second-order valence-electron chi connectivity index (χ2n) is 7.08. The monoisotopic (exact) mass is 381 g/mol. The van der Waals surface area contributed by atoms with E-state index in [1.165, 1.54) is 17.0 Å². The highest BCUT2D eigenvalue weighted by Crippen LogP contribution is 2.22. The normalized spacial score (nSPS) is 10.9. The van der Waals surface area contributed by atoms with Crippen molar-refractivity contribution in [2.75, 3.05) is 23.4 Å². The summed E-state index contributed by atoms with van der Waals surface area (Å²) in [5.41, 5.74) is 0.998. The molecule has 3 aromatic rings. The van der Waals surface area contributed by atoms with Crippen molar-refractivity contribution in [2.45, 2.75) is 20.4 Å². The van der Waals surface area contributed by atoms with E-state index >= 15 is 0 Å². The molecule has 0 saturated carbocycles. The van der Waals surface area contributed by atoms with Gasteiger partial charge in [0, 0.05) is 19.8 Å². The Labute approximate surface area is 164 Å². The molecule has 0 bridgehead atoms. The maximum atomic E-state index is 14.2. The number of rotatable bonds is 7. The van der Waals surface area contributed by atoms with Crippen LogP contribution in [0.5, 0.6) is 0 Å². The number of H-pyrrole nitrogens is 1. The lowest BCUT2D eigenvalue weighted by Gasteiger charge is -2.26. The molecule has 0 radical (unpaired) electrons. The first-order chi connectivity index (χ1) is 13.5. The molecule has 2 heterocycles. The second kappa shape index (κ2) is 8.65. The summed E-state index contributed by atoms with van der Waals surface area (Å²) >= 11 is 0. The SMILES string of the molecule is CC(C)CN(C(=O)c1ccccc1F)c1cccc(N(C)Cc2ccn[nH]2)n1. The summed E-state index contributed by atoms with van der Waals surface area (Å²) in [7, 11) is 1.92. The van der Waals surface area contributed by atoms with Gasteiger partial charge in [0.15, 0.2) is 0 Å². The smallest absolute Gasteiger partial charge is 0.262 e. The van der Waals surface area contributed by atoms with Gasteiger partial charge in [-0.15, -0.1) is 0 Å². The van der Waals surface area contributed by atoms with Crippen LogP contribution >= 0.6 is 0 Å².